The van der Waals surface area contributed by atoms with Gasteiger partial charge in [-0.25, -0.2) is 0 Å². The van der Waals surface area contributed by atoms with E-state index in [-0.39, 0.29) is 17.5 Å². The second-order valence-corrected chi connectivity index (χ2v) is 5.02. The minimum atomic E-state index is 0.0445. The van der Waals surface area contributed by atoms with Crippen molar-refractivity contribution in [3.05, 3.63) is 35.9 Å². The Morgan fingerprint density at radius 3 is 2.89 bits per heavy atom. The third kappa shape index (κ3) is 3.26. The summed E-state index contributed by atoms with van der Waals surface area (Å²) in [5.41, 5.74) is 0.751. The predicted octanol–water partition coefficient (Wildman–Crippen LogP) is 3.10. The smallest absolute Gasteiger partial charge is 0.120 e. The molecule has 0 saturated carbocycles. The van der Waals surface area contributed by atoms with Crippen molar-refractivity contribution in [2.45, 2.75) is 32.2 Å². The third-order valence-electron chi connectivity index (χ3n) is 3.57. The van der Waals surface area contributed by atoms with Crippen molar-refractivity contribution >= 4 is 0 Å². The lowest BCUT2D eigenvalue weighted by atomic mass is 9.94. The molecule has 3 heteroatoms. The molecule has 0 spiro atoms. The highest BCUT2D eigenvalue weighted by Gasteiger charge is 2.14. The van der Waals surface area contributed by atoms with E-state index >= 15 is 0 Å². The normalized spacial score (nSPS) is 20.8. The van der Waals surface area contributed by atoms with Crippen molar-refractivity contribution in [1.29, 1.82) is 0 Å². The molecular formula is C15H21NO2. The fourth-order valence-corrected chi connectivity index (χ4v) is 2.38. The summed E-state index contributed by atoms with van der Waals surface area (Å²) in [6.45, 7) is 2.95. The molecule has 1 aliphatic carbocycles. The molecule has 98 valence electrons. The van der Waals surface area contributed by atoms with Crippen LogP contribution < -0.4 is 5.32 Å². The minimum absolute atomic E-state index is 0.0445. The average Bonchev–Trinajstić information content (AvgIpc) is 2.40. The topological polar surface area (TPSA) is 52.5 Å². The first-order valence-corrected chi connectivity index (χ1v) is 6.57. The highest BCUT2D eigenvalue weighted by atomic mass is 16.3. The maximum atomic E-state index is 9.78. The van der Waals surface area contributed by atoms with Gasteiger partial charge in [0.15, 0.2) is 0 Å². The Bertz CT molecular complexity index is 429. The molecule has 0 fully saturated rings. The molecule has 0 saturated heterocycles. The number of hydrogen-bond acceptors (Lipinski definition) is 3. The molecule has 0 amide bonds. The third-order valence-corrected chi connectivity index (χ3v) is 3.57. The van der Waals surface area contributed by atoms with Crippen molar-refractivity contribution in [2.24, 2.45) is 5.92 Å². The first-order valence-electron chi connectivity index (χ1n) is 6.57. The van der Waals surface area contributed by atoms with Crippen LogP contribution in [0.25, 0.3) is 0 Å². The zero-order valence-corrected chi connectivity index (χ0v) is 10.8. The molecule has 1 aromatic carbocycles. The zero-order valence-electron chi connectivity index (χ0n) is 10.8. The highest BCUT2D eigenvalue weighted by Crippen LogP contribution is 2.28. The fourth-order valence-electron chi connectivity index (χ4n) is 2.38. The van der Waals surface area contributed by atoms with Gasteiger partial charge >= 0.3 is 0 Å². The van der Waals surface area contributed by atoms with Crippen LogP contribution in [0, 0.1) is 5.92 Å². The summed E-state index contributed by atoms with van der Waals surface area (Å²) in [7, 11) is 0. The molecule has 1 aliphatic rings. The standard InChI is InChI=1S/C15H21NO2/c1-11(14-9-13(17)7-8-15(14)18)16-10-12-5-3-2-4-6-12/h2-3,7-9,11-12,16-18H,4-6,10H2,1H3. The van der Waals surface area contributed by atoms with Gasteiger partial charge in [0.05, 0.1) is 0 Å². The molecule has 0 aliphatic heterocycles. The Morgan fingerprint density at radius 1 is 1.33 bits per heavy atom. The lowest BCUT2D eigenvalue weighted by Crippen LogP contribution is -2.26. The van der Waals surface area contributed by atoms with E-state index in [9.17, 15) is 10.2 Å². The van der Waals surface area contributed by atoms with E-state index in [1.165, 1.54) is 18.6 Å². The van der Waals surface area contributed by atoms with Gasteiger partial charge in [-0.15, -0.1) is 0 Å². The maximum absolute atomic E-state index is 9.78. The number of rotatable bonds is 4. The van der Waals surface area contributed by atoms with Crippen LogP contribution in [0.2, 0.25) is 0 Å². The molecule has 2 atom stereocenters. The van der Waals surface area contributed by atoms with E-state index in [1.54, 1.807) is 6.07 Å². The lowest BCUT2D eigenvalue weighted by molar-refractivity contribution is 0.402. The Hall–Kier alpha value is -1.48. The minimum Gasteiger partial charge on any atom is -0.508 e. The van der Waals surface area contributed by atoms with Crippen molar-refractivity contribution in [3.8, 4) is 11.5 Å². The fraction of sp³-hybridized carbons (Fsp3) is 0.467. The van der Waals surface area contributed by atoms with Gasteiger partial charge in [0.1, 0.15) is 11.5 Å². The van der Waals surface area contributed by atoms with Crippen LogP contribution in [0.3, 0.4) is 0 Å². The van der Waals surface area contributed by atoms with Crippen molar-refractivity contribution in [3.63, 3.8) is 0 Å². The summed E-state index contributed by atoms with van der Waals surface area (Å²) in [5, 5.41) is 22.7. The number of phenols is 2. The van der Waals surface area contributed by atoms with Crippen LogP contribution in [0.15, 0.2) is 30.4 Å². The van der Waals surface area contributed by atoms with E-state index in [4.69, 9.17) is 0 Å². The number of hydrogen-bond donors (Lipinski definition) is 3. The lowest BCUT2D eigenvalue weighted by Gasteiger charge is -2.22. The summed E-state index contributed by atoms with van der Waals surface area (Å²) < 4.78 is 0. The van der Waals surface area contributed by atoms with Gasteiger partial charge in [-0.1, -0.05) is 12.2 Å². The monoisotopic (exact) mass is 247 g/mol. The van der Waals surface area contributed by atoms with E-state index in [0.29, 0.717) is 5.92 Å². The SMILES string of the molecule is CC(NCC1CC=CCC1)c1cc(O)ccc1O. The van der Waals surface area contributed by atoms with Crippen LogP contribution in [0.5, 0.6) is 11.5 Å². The molecule has 2 unspecified atom stereocenters. The molecule has 3 N–H and O–H groups in total. The van der Waals surface area contributed by atoms with Crippen LogP contribution >= 0.6 is 0 Å². The Kier molecular flexibility index (Phi) is 4.26. The van der Waals surface area contributed by atoms with Crippen LogP contribution in [0.1, 0.15) is 37.8 Å². The number of benzene rings is 1. The zero-order chi connectivity index (χ0) is 13.0. The van der Waals surface area contributed by atoms with Crippen molar-refractivity contribution < 1.29 is 10.2 Å². The van der Waals surface area contributed by atoms with Crippen LogP contribution in [-0.2, 0) is 0 Å². The van der Waals surface area contributed by atoms with Gasteiger partial charge in [-0.3, -0.25) is 0 Å². The van der Waals surface area contributed by atoms with Gasteiger partial charge in [0.25, 0.3) is 0 Å². The highest BCUT2D eigenvalue weighted by molar-refractivity contribution is 5.40. The van der Waals surface area contributed by atoms with Crippen LogP contribution in [0.4, 0.5) is 0 Å². The first-order chi connectivity index (χ1) is 8.66. The van der Waals surface area contributed by atoms with E-state index in [2.05, 4.69) is 17.5 Å². The quantitative estimate of drug-likeness (QED) is 0.566. The molecule has 18 heavy (non-hydrogen) atoms. The Morgan fingerprint density at radius 2 is 2.17 bits per heavy atom. The summed E-state index contributed by atoms with van der Waals surface area (Å²) >= 11 is 0. The molecule has 0 heterocycles. The molecular weight excluding hydrogens is 226 g/mol. The summed E-state index contributed by atoms with van der Waals surface area (Å²) in [4.78, 5) is 0. The number of phenolic OH excluding ortho intramolecular Hbond substituents is 2. The first kappa shape index (κ1) is 13.0. The number of aromatic hydroxyl groups is 2. The summed E-state index contributed by atoms with van der Waals surface area (Å²) in [6.07, 6.45) is 8.00. The van der Waals surface area contributed by atoms with E-state index in [1.807, 2.05) is 6.92 Å². The van der Waals surface area contributed by atoms with Gasteiger partial charge < -0.3 is 15.5 Å². The average molecular weight is 247 g/mol. The van der Waals surface area contributed by atoms with Gasteiger partial charge in [-0.05, 0) is 56.8 Å². The number of nitrogens with one attached hydrogen (secondary N) is 1. The molecule has 0 aromatic heterocycles. The van der Waals surface area contributed by atoms with Crippen molar-refractivity contribution in [1.82, 2.24) is 5.32 Å². The van der Waals surface area contributed by atoms with E-state index < -0.39 is 0 Å². The predicted molar refractivity (Wildman–Crippen MR) is 72.7 cm³/mol. The molecule has 2 rings (SSSR count). The molecule has 3 nitrogen and oxygen atoms in total. The summed E-state index contributed by atoms with van der Waals surface area (Å²) in [5.74, 6) is 1.10. The Balaban J connectivity index is 1.92. The molecule has 1 aromatic rings. The van der Waals surface area contributed by atoms with Gasteiger partial charge in [0.2, 0.25) is 0 Å². The van der Waals surface area contributed by atoms with Crippen molar-refractivity contribution in [2.75, 3.05) is 6.54 Å². The second kappa shape index (κ2) is 5.91. The number of allylic oxidation sites excluding steroid dienone is 2. The summed E-state index contributed by atoms with van der Waals surface area (Å²) in [6, 6.07) is 4.69. The second-order valence-electron chi connectivity index (χ2n) is 5.02. The largest absolute Gasteiger partial charge is 0.508 e. The maximum Gasteiger partial charge on any atom is 0.120 e. The molecule has 0 radical (unpaired) electrons. The van der Waals surface area contributed by atoms with Crippen LogP contribution in [-0.4, -0.2) is 16.8 Å². The van der Waals surface area contributed by atoms with E-state index in [0.717, 1.165) is 24.9 Å². The Labute approximate surface area is 108 Å². The van der Waals surface area contributed by atoms with Gasteiger partial charge in [-0.2, -0.15) is 0 Å². The molecule has 0 bridgehead atoms. The van der Waals surface area contributed by atoms with Gasteiger partial charge in [0, 0.05) is 11.6 Å².